The molecule has 0 aliphatic carbocycles. The summed E-state index contributed by atoms with van der Waals surface area (Å²) in [5.74, 6) is -0.224. The number of nitrogens with zero attached hydrogens (tertiary/aromatic N) is 4. The molecule has 3 heterocycles. The van der Waals surface area contributed by atoms with Gasteiger partial charge in [-0.05, 0) is 67.1 Å². The summed E-state index contributed by atoms with van der Waals surface area (Å²) >= 11 is 6.57. The highest BCUT2D eigenvalue weighted by Crippen LogP contribution is 2.29. The first-order valence-electron chi connectivity index (χ1n) is 11.6. The summed E-state index contributed by atoms with van der Waals surface area (Å²) in [5, 5.41) is 3.71. The van der Waals surface area contributed by atoms with Crippen LogP contribution in [-0.4, -0.2) is 34.0 Å². The minimum Gasteiger partial charge on any atom is -0.284 e. The molecule has 0 fully saturated rings. The van der Waals surface area contributed by atoms with Gasteiger partial charge in [-0.2, -0.15) is 13.9 Å². The van der Waals surface area contributed by atoms with Gasteiger partial charge in [0.05, 0.1) is 23.8 Å². The first-order chi connectivity index (χ1) is 17.8. The Labute approximate surface area is 224 Å². The number of hydrogen-bond donors (Lipinski definition) is 1. The maximum atomic E-state index is 13.5. The molecule has 0 aliphatic heterocycles. The monoisotopic (exact) mass is 561 g/mol. The van der Waals surface area contributed by atoms with Crippen molar-refractivity contribution in [3.63, 3.8) is 0 Å². The van der Waals surface area contributed by atoms with Crippen molar-refractivity contribution in [3.8, 4) is 16.9 Å². The Morgan fingerprint density at radius 3 is 2.53 bits per heavy atom. The summed E-state index contributed by atoms with van der Waals surface area (Å²) in [6, 6.07) is 10.4. The van der Waals surface area contributed by atoms with Crippen LogP contribution in [0.2, 0.25) is 5.02 Å². The van der Waals surface area contributed by atoms with E-state index in [0.717, 1.165) is 11.8 Å². The van der Waals surface area contributed by atoms with Gasteiger partial charge in [0.1, 0.15) is 5.02 Å². The van der Waals surface area contributed by atoms with Gasteiger partial charge in [-0.15, -0.1) is 0 Å². The van der Waals surface area contributed by atoms with E-state index in [2.05, 4.69) is 14.8 Å². The summed E-state index contributed by atoms with van der Waals surface area (Å²) in [6.45, 7) is 2.77. The summed E-state index contributed by atoms with van der Waals surface area (Å²) in [4.78, 5) is 18.0. The average Bonchev–Trinajstić information content (AvgIpc) is 3.30. The Hall–Kier alpha value is -3.57. The van der Waals surface area contributed by atoms with Crippen molar-refractivity contribution in [3.05, 3.63) is 92.7 Å². The molecule has 38 heavy (non-hydrogen) atoms. The summed E-state index contributed by atoms with van der Waals surface area (Å²) in [7, 11) is -3.45. The molecule has 0 saturated carbocycles. The van der Waals surface area contributed by atoms with E-state index >= 15 is 0 Å². The largest absolute Gasteiger partial charge is 0.333 e. The van der Waals surface area contributed by atoms with E-state index in [1.807, 2.05) is 19.9 Å². The van der Waals surface area contributed by atoms with Crippen molar-refractivity contribution in [2.24, 2.45) is 0 Å². The number of rotatable bonds is 8. The van der Waals surface area contributed by atoms with Crippen molar-refractivity contribution in [1.82, 2.24) is 19.3 Å². The molecule has 0 bridgehead atoms. The Bertz CT molecular complexity index is 1670. The fourth-order valence-corrected chi connectivity index (χ4v) is 5.19. The quantitative estimate of drug-likeness (QED) is 0.307. The smallest absolute Gasteiger partial charge is 0.284 e. The van der Waals surface area contributed by atoms with Crippen molar-refractivity contribution in [2.75, 3.05) is 11.0 Å². The first kappa shape index (κ1) is 27.5. The molecule has 1 aromatic carbocycles. The number of halogens is 3. The molecule has 0 radical (unpaired) electrons. The zero-order valence-corrected chi connectivity index (χ0v) is 22.7. The molecule has 8 nitrogen and oxygen atoms in total. The zero-order chi connectivity index (χ0) is 27.8. The third kappa shape index (κ3) is 5.94. The van der Waals surface area contributed by atoms with Crippen LogP contribution in [0.25, 0.3) is 16.9 Å². The SMILES string of the molecule is Cc1cnc(-c2cccc(NS(C)(=O)=O)c2)cc1-n1c(C)cc([C@H](C)Cc2cnn(C(F)F)c2)c(Cl)c1=O. The number of benzene rings is 1. The van der Waals surface area contributed by atoms with E-state index in [-0.39, 0.29) is 10.9 Å². The van der Waals surface area contributed by atoms with Gasteiger partial charge in [0.15, 0.2) is 0 Å². The van der Waals surface area contributed by atoms with E-state index in [4.69, 9.17) is 11.6 Å². The number of pyridine rings is 2. The topological polar surface area (TPSA) is 98.9 Å². The lowest BCUT2D eigenvalue weighted by Crippen LogP contribution is -2.24. The van der Waals surface area contributed by atoms with Crippen LogP contribution in [0.15, 0.2) is 59.8 Å². The van der Waals surface area contributed by atoms with Gasteiger partial charge in [-0.25, -0.2) is 13.1 Å². The number of aryl methyl sites for hydroxylation is 2. The number of alkyl halides is 2. The van der Waals surface area contributed by atoms with Gasteiger partial charge in [0, 0.05) is 29.3 Å². The van der Waals surface area contributed by atoms with Gasteiger partial charge >= 0.3 is 6.55 Å². The Morgan fingerprint density at radius 2 is 1.87 bits per heavy atom. The van der Waals surface area contributed by atoms with Crippen LogP contribution < -0.4 is 10.3 Å². The van der Waals surface area contributed by atoms with Crippen LogP contribution in [0.1, 0.15) is 41.8 Å². The van der Waals surface area contributed by atoms with E-state index in [1.54, 1.807) is 43.5 Å². The molecule has 0 unspecified atom stereocenters. The minimum atomic E-state index is -3.45. The molecule has 4 rings (SSSR count). The van der Waals surface area contributed by atoms with Crippen molar-refractivity contribution in [1.29, 1.82) is 0 Å². The first-order valence-corrected chi connectivity index (χ1v) is 13.9. The molecule has 1 N–H and O–H groups in total. The number of aromatic nitrogens is 4. The van der Waals surface area contributed by atoms with Crippen molar-refractivity contribution >= 4 is 27.3 Å². The predicted octanol–water partition coefficient (Wildman–Crippen LogP) is 5.48. The standard InChI is InChI=1S/C26H26ClF2N5O3S/c1-15(8-18-13-31-33(14-18)26(28)29)21-9-17(3)34(25(35)24(21)27)23-11-22(30-12-16(23)2)19-6-5-7-20(10-19)32-38(4,36)37/h5-7,9-15,26,32H,8H2,1-4H3/t15-/m1/s1. The lowest BCUT2D eigenvalue weighted by molar-refractivity contribution is 0.0565. The summed E-state index contributed by atoms with van der Waals surface area (Å²) in [6.07, 6.45) is 5.75. The summed E-state index contributed by atoms with van der Waals surface area (Å²) in [5.41, 5.74) is 4.35. The summed E-state index contributed by atoms with van der Waals surface area (Å²) < 4.78 is 53.6. The number of hydrogen-bond acceptors (Lipinski definition) is 5. The van der Waals surface area contributed by atoms with E-state index < -0.39 is 22.1 Å². The molecule has 0 amide bonds. The van der Waals surface area contributed by atoms with Crippen molar-refractivity contribution < 1.29 is 17.2 Å². The molecule has 1 atom stereocenters. The lowest BCUT2D eigenvalue weighted by Gasteiger charge is -2.19. The van der Waals surface area contributed by atoms with Crippen LogP contribution in [0.4, 0.5) is 14.5 Å². The highest BCUT2D eigenvalue weighted by Gasteiger charge is 2.20. The van der Waals surface area contributed by atoms with Crippen LogP contribution >= 0.6 is 11.6 Å². The molecular weight excluding hydrogens is 536 g/mol. The molecule has 4 aromatic rings. The van der Waals surface area contributed by atoms with Crippen molar-refractivity contribution in [2.45, 2.75) is 39.7 Å². The average molecular weight is 562 g/mol. The Morgan fingerprint density at radius 1 is 1.13 bits per heavy atom. The molecule has 0 aliphatic rings. The van der Waals surface area contributed by atoms with E-state index in [9.17, 15) is 22.0 Å². The number of sulfonamides is 1. The van der Waals surface area contributed by atoms with Crippen LogP contribution in [0.3, 0.4) is 0 Å². The highest BCUT2D eigenvalue weighted by molar-refractivity contribution is 7.92. The van der Waals surface area contributed by atoms with Gasteiger partial charge < -0.3 is 0 Å². The number of anilines is 1. The van der Waals surface area contributed by atoms with Gasteiger partial charge in [-0.1, -0.05) is 30.7 Å². The normalized spacial score (nSPS) is 12.6. The van der Waals surface area contributed by atoms with Crippen LogP contribution in [0.5, 0.6) is 0 Å². The number of nitrogens with one attached hydrogen (secondary N) is 1. The minimum absolute atomic E-state index is 0.0430. The van der Waals surface area contributed by atoms with E-state index in [1.165, 1.54) is 17.0 Å². The van der Waals surface area contributed by atoms with Crippen LogP contribution in [0, 0.1) is 13.8 Å². The Balaban J connectivity index is 1.71. The second-order valence-electron chi connectivity index (χ2n) is 9.22. The van der Waals surface area contributed by atoms with E-state index in [0.29, 0.717) is 50.6 Å². The van der Waals surface area contributed by atoms with Gasteiger partial charge in [0.2, 0.25) is 10.0 Å². The molecule has 0 saturated heterocycles. The molecule has 0 spiro atoms. The maximum Gasteiger partial charge on any atom is 0.333 e. The third-order valence-corrected chi connectivity index (χ3v) is 7.05. The molecular formula is C26H26ClF2N5O3S. The molecule has 12 heteroatoms. The van der Waals surface area contributed by atoms with Crippen LogP contribution in [-0.2, 0) is 16.4 Å². The highest BCUT2D eigenvalue weighted by atomic mass is 35.5. The Kier molecular flexibility index (Phi) is 7.70. The third-order valence-electron chi connectivity index (χ3n) is 6.07. The molecule has 200 valence electrons. The molecule has 3 aromatic heterocycles. The fourth-order valence-electron chi connectivity index (χ4n) is 4.31. The van der Waals surface area contributed by atoms with Gasteiger partial charge in [0.25, 0.3) is 5.56 Å². The van der Waals surface area contributed by atoms with Gasteiger partial charge in [-0.3, -0.25) is 19.1 Å². The maximum absolute atomic E-state index is 13.5. The zero-order valence-electron chi connectivity index (χ0n) is 21.1. The lowest BCUT2D eigenvalue weighted by atomic mass is 9.95. The second-order valence-corrected chi connectivity index (χ2v) is 11.3. The second kappa shape index (κ2) is 10.7. The predicted molar refractivity (Wildman–Crippen MR) is 144 cm³/mol. The fraction of sp³-hybridized carbons (Fsp3) is 0.269.